The van der Waals surface area contributed by atoms with Crippen LogP contribution in [0.3, 0.4) is 0 Å². The summed E-state index contributed by atoms with van der Waals surface area (Å²) in [4.78, 5) is 24.8. The summed E-state index contributed by atoms with van der Waals surface area (Å²) in [5.74, 6) is -0.424. The van der Waals surface area contributed by atoms with Crippen LogP contribution in [0, 0.1) is 5.82 Å². The number of para-hydroxylation sites is 2. The van der Waals surface area contributed by atoms with Crippen molar-refractivity contribution in [1.82, 2.24) is 4.57 Å². The van der Waals surface area contributed by atoms with E-state index >= 15 is 0 Å². The van der Waals surface area contributed by atoms with E-state index < -0.39 is 11.7 Å². The maximum Gasteiger partial charge on any atom is 0.268 e. The molecule has 1 N–H and O–H groups in total. The van der Waals surface area contributed by atoms with Crippen LogP contribution >= 0.6 is 22.9 Å². The predicted molar refractivity (Wildman–Crippen MR) is 110 cm³/mol. The highest BCUT2D eigenvalue weighted by Crippen LogP contribution is 2.22. The summed E-state index contributed by atoms with van der Waals surface area (Å²) in [7, 11) is 3.05. The molecule has 0 fully saturated rings. The number of hydrogen-bond donors (Lipinski definition) is 1. The molecule has 2 aromatic carbocycles. The summed E-state index contributed by atoms with van der Waals surface area (Å²) >= 11 is 7.09. The Kier molecular flexibility index (Phi) is 5.96. The second-order valence-electron chi connectivity index (χ2n) is 5.78. The van der Waals surface area contributed by atoms with Crippen LogP contribution in [0.5, 0.6) is 5.75 Å². The Bertz CT molecular complexity index is 1200. The zero-order valence-corrected chi connectivity index (χ0v) is 16.6. The van der Waals surface area contributed by atoms with Gasteiger partial charge in [-0.2, -0.15) is 0 Å². The number of thiazole rings is 1. The third-order valence-corrected chi connectivity index (χ3v) is 5.40. The minimum atomic E-state index is -0.526. The lowest BCUT2D eigenvalue weighted by atomic mass is 10.2. The molecule has 0 spiro atoms. The van der Waals surface area contributed by atoms with Gasteiger partial charge in [0, 0.05) is 18.7 Å². The van der Waals surface area contributed by atoms with Crippen LogP contribution in [-0.4, -0.2) is 17.6 Å². The summed E-state index contributed by atoms with van der Waals surface area (Å²) in [6.45, 7) is 0. The average molecular weight is 419 g/mol. The molecular formula is C20H16ClFN2O3S. The number of hydrogen-bond acceptors (Lipinski definition) is 4. The van der Waals surface area contributed by atoms with Crippen LogP contribution < -0.4 is 24.8 Å². The number of rotatable bonds is 4. The van der Waals surface area contributed by atoms with Gasteiger partial charge in [0.25, 0.3) is 11.5 Å². The summed E-state index contributed by atoms with van der Waals surface area (Å²) in [5.41, 5.74) is 0.298. The highest BCUT2D eigenvalue weighted by atomic mass is 35.5. The number of carbonyl (C=O) groups is 1. The van der Waals surface area contributed by atoms with Gasteiger partial charge in [-0.25, -0.2) is 4.39 Å². The van der Waals surface area contributed by atoms with E-state index in [0.29, 0.717) is 16.1 Å². The lowest BCUT2D eigenvalue weighted by Crippen LogP contribution is -2.29. The number of amides is 1. The topological polar surface area (TPSA) is 60.3 Å². The number of aromatic nitrogens is 1. The van der Waals surface area contributed by atoms with Gasteiger partial charge in [-0.15, -0.1) is 11.3 Å². The Hall–Kier alpha value is -2.90. The van der Waals surface area contributed by atoms with Crippen molar-refractivity contribution in [2.24, 2.45) is 7.05 Å². The van der Waals surface area contributed by atoms with E-state index in [-0.39, 0.29) is 20.7 Å². The fraction of sp³-hybridized carbons (Fsp3) is 0.100. The maximum atomic E-state index is 14.0. The molecule has 5 nitrogen and oxygen atoms in total. The number of ether oxygens (including phenoxy) is 1. The first-order valence-electron chi connectivity index (χ1n) is 8.18. The molecule has 8 heteroatoms. The number of nitrogens with one attached hydrogen (secondary N) is 1. The highest BCUT2D eigenvalue weighted by Gasteiger charge is 2.08. The van der Waals surface area contributed by atoms with Gasteiger partial charge in [-0.1, -0.05) is 29.8 Å². The molecule has 3 rings (SSSR count). The van der Waals surface area contributed by atoms with E-state index in [0.717, 1.165) is 11.3 Å². The zero-order chi connectivity index (χ0) is 20.3. The summed E-state index contributed by atoms with van der Waals surface area (Å²) in [5, 5.41) is 2.92. The van der Waals surface area contributed by atoms with Crippen molar-refractivity contribution in [2.45, 2.75) is 0 Å². The quantitative estimate of drug-likeness (QED) is 0.708. The van der Waals surface area contributed by atoms with Gasteiger partial charge in [-0.3, -0.25) is 9.59 Å². The van der Waals surface area contributed by atoms with E-state index in [1.54, 1.807) is 37.4 Å². The standard InChI is InChI=1S/C20H16ClFN2O3S/c1-24-19(11-18(25)23-15-8-3-4-9-16(15)27-2)28-17(20(24)26)10-12-13(21)6-5-7-14(12)22/h3-11H,1-2H3,(H,23,25)/b17-10-,19-11-. The summed E-state index contributed by atoms with van der Waals surface area (Å²) in [6, 6.07) is 11.3. The van der Waals surface area contributed by atoms with Gasteiger partial charge in [0.15, 0.2) is 0 Å². The Morgan fingerprint density at radius 3 is 2.71 bits per heavy atom. The Balaban J connectivity index is 2.00. The fourth-order valence-electron chi connectivity index (χ4n) is 2.52. The molecule has 1 aromatic heterocycles. The van der Waals surface area contributed by atoms with E-state index in [2.05, 4.69) is 5.32 Å². The van der Waals surface area contributed by atoms with Crippen LogP contribution in [-0.2, 0) is 11.8 Å². The van der Waals surface area contributed by atoms with E-state index in [4.69, 9.17) is 16.3 Å². The predicted octanol–water partition coefficient (Wildman–Crippen LogP) is 2.50. The minimum Gasteiger partial charge on any atom is -0.495 e. The van der Waals surface area contributed by atoms with Gasteiger partial charge in [0.2, 0.25) is 0 Å². The van der Waals surface area contributed by atoms with Crippen molar-refractivity contribution in [3.05, 3.63) is 78.4 Å². The molecule has 0 aliphatic carbocycles. The Morgan fingerprint density at radius 2 is 2.00 bits per heavy atom. The van der Waals surface area contributed by atoms with Gasteiger partial charge in [-0.05, 0) is 30.3 Å². The lowest BCUT2D eigenvalue weighted by molar-refractivity contribution is -0.110. The molecule has 3 aromatic rings. The van der Waals surface area contributed by atoms with Crippen LogP contribution in [0.25, 0.3) is 12.2 Å². The molecule has 0 atom stereocenters. The lowest BCUT2D eigenvalue weighted by Gasteiger charge is -2.07. The molecule has 0 saturated carbocycles. The SMILES string of the molecule is COc1ccccc1NC(=O)/C=c1\s/c(=C\c2c(F)cccc2Cl)c(=O)n1C. The molecule has 0 bridgehead atoms. The summed E-state index contributed by atoms with van der Waals surface area (Å²) in [6.07, 6.45) is 2.69. The van der Waals surface area contributed by atoms with Crippen molar-refractivity contribution in [3.63, 3.8) is 0 Å². The van der Waals surface area contributed by atoms with Crippen molar-refractivity contribution in [3.8, 4) is 5.75 Å². The fourth-order valence-corrected chi connectivity index (χ4v) is 3.75. The van der Waals surface area contributed by atoms with Gasteiger partial charge in [0.05, 0.1) is 22.4 Å². The smallest absolute Gasteiger partial charge is 0.268 e. The molecular weight excluding hydrogens is 403 g/mol. The summed E-state index contributed by atoms with van der Waals surface area (Å²) < 4.78 is 21.2. The first-order chi connectivity index (χ1) is 13.4. The number of nitrogens with zero attached hydrogens (tertiary/aromatic N) is 1. The third kappa shape index (κ3) is 4.16. The van der Waals surface area contributed by atoms with Crippen molar-refractivity contribution in [1.29, 1.82) is 0 Å². The van der Waals surface area contributed by atoms with Crippen molar-refractivity contribution < 1.29 is 13.9 Å². The van der Waals surface area contributed by atoms with Crippen LogP contribution in [0.15, 0.2) is 47.3 Å². The second-order valence-corrected chi connectivity index (χ2v) is 7.25. The monoisotopic (exact) mass is 418 g/mol. The van der Waals surface area contributed by atoms with Crippen LogP contribution in [0.2, 0.25) is 5.02 Å². The van der Waals surface area contributed by atoms with E-state index in [9.17, 15) is 14.0 Å². The zero-order valence-electron chi connectivity index (χ0n) is 15.0. The molecule has 0 unspecified atom stereocenters. The normalized spacial score (nSPS) is 12.3. The van der Waals surface area contributed by atoms with Gasteiger partial charge >= 0.3 is 0 Å². The average Bonchev–Trinajstić information content (AvgIpc) is 2.93. The van der Waals surface area contributed by atoms with Crippen molar-refractivity contribution in [2.75, 3.05) is 12.4 Å². The molecule has 0 aliphatic heterocycles. The molecule has 0 saturated heterocycles. The molecule has 0 radical (unpaired) electrons. The number of carbonyl (C=O) groups excluding carboxylic acids is 1. The van der Waals surface area contributed by atoms with Crippen molar-refractivity contribution >= 4 is 46.7 Å². The van der Waals surface area contributed by atoms with E-state index in [1.807, 2.05) is 0 Å². The number of methoxy groups -OCH3 is 1. The van der Waals surface area contributed by atoms with E-state index in [1.165, 1.54) is 36.0 Å². The molecule has 1 heterocycles. The molecule has 144 valence electrons. The number of anilines is 1. The Labute approximate surface area is 169 Å². The Morgan fingerprint density at radius 1 is 1.25 bits per heavy atom. The second kappa shape index (κ2) is 8.41. The molecule has 0 aliphatic rings. The minimum absolute atomic E-state index is 0.133. The van der Waals surface area contributed by atoms with Gasteiger partial charge < -0.3 is 14.6 Å². The maximum absolute atomic E-state index is 14.0. The van der Waals surface area contributed by atoms with Crippen LogP contribution in [0.4, 0.5) is 10.1 Å². The number of benzene rings is 2. The largest absolute Gasteiger partial charge is 0.495 e. The third-order valence-electron chi connectivity index (χ3n) is 3.96. The first kappa shape index (κ1) is 19.9. The van der Waals surface area contributed by atoms with Crippen LogP contribution in [0.1, 0.15) is 5.56 Å². The van der Waals surface area contributed by atoms with Gasteiger partial charge in [0.1, 0.15) is 16.2 Å². The molecule has 28 heavy (non-hydrogen) atoms. The first-order valence-corrected chi connectivity index (χ1v) is 9.37. The highest BCUT2D eigenvalue weighted by molar-refractivity contribution is 7.07. The molecule has 1 amide bonds. The number of halogens is 2.